The van der Waals surface area contributed by atoms with E-state index in [0.29, 0.717) is 6.07 Å². The van der Waals surface area contributed by atoms with Crippen LogP contribution in [0, 0.1) is 29.2 Å². The van der Waals surface area contributed by atoms with Crippen molar-refractivity contribution in [3.63, 3.8) is 0 Å². The lowest BCUT2D eigenvalue weighted by atomic mass is 10.0. The summed E-state index contributed by atoms with van der Waals surface area (Å²) in [6.07, 6.45) is 3.46. The molecule has 0 aliphatic carbocycles. The van der Waals surface area contributed by atoms with Crippen LogP contribution >= 0.6 is 0 Å². The fraction of sp³-hybridized carbons (Fsp3) is 0.258. The molecule has 248 valence electrons. The van der Waals surface area contributed by atoms with Gasteiger partial charge in [0.15, 0.2) is 23.1 Å². The minimum atomic E-state index is -1.47. The lowest BCUT2D eigenvalue weighted by Crippen LogP contribution is -2.37. The number of rotatable bonds is 12. The van der Waals surface area contributed by atoms with Crippen LogP contribution in [0.1, 0.15) is 18.7 Å². The number of allylic oxidation sites excluding steroid dienone is 1. The van der Waals surface area contributed by atoms with Crippen LogP contribution in [0.25, 0.3) is 11.0 Å². The van der Waals surface area contributed by atoms with Gasteiger partial charge in [0.05, 0.1) is 18.0 Å². The summed E-state index contributed by atoms with van der Waals surface area (Å²) in [5.41, 5.74) is -1.08. The number of anilines is 1. The molecule has 47 heavy (non-hydrogen) atoms. The molecule has 0 saturated heterocycles. The molecule has 0 radical (unpaired) electrons. The zero-order valence-electron chi connectivity index (χ0n) is 25.4. The lowest BCUT2D eigenvalue weighted by molar-refractivity contribution is -0.123. The van der Waals surface area contributed by atoms with E-state index in [1.165, 1.54) is 36.4 Å². The lowest BCUT2D eigenvalue weighted by Gasteiger charge is -2.21. The number of benzene rings is 2. The van der Waals surface area contributed by atoms with Crippen molar-refractivity contribution < 1.29 is 41.8 Å². The highest BCUT2D eigenvalue weighted by Crippen LogP contribution is 2.34. The van der Waals surface area contributed by atoms with Gasteiger partial charge in [-0.15, -0.1) is 0 Å². The standard InChI is InChI=1S/C31H30F4N6O6/c1-39(2)25(42)9-5-4-7-17(15-40(3)31(45)46)29(43)37-21-8-6-12-41(30(21)44)16-24-36-22-14-20(34)26(35)28(27(22)38-24)47-23-11-10-18(32)13-19(23)33/h5-6,8-14,17H,4,7,15-16H2,1-3H3,(H,36,38)(H,37,43)(H,45,46)/b9-5+/t17-/m0/s1. The summed E-state index contributed by atoms with van der Waals surface area (Å²) in [6.45, 7) is -0.448. The summed E-state index contributed by atoms with van der Waals surface area (Å²) in [5, 5.41) is 11.8. The third kappa shape index (κ3) is 8.33. The number of carbonyl (C=O) groups excluding carboxylic acids is 2. The Kier molecular flexibility index (Phi) is 10.6. The number of amides is 3. The summed E-state index contributed by atoms with van der Waals surface area (Å²) in [5.74, 6) is -7.94. The SMILES string of the molecule is CN(C)C(=O)/C=C/CC[C@@H](CN(C)C(=O)O)C(=O)Nc1cccn(Cc2nc3c(Oc4ccc(F)cc4F)c(F)c(F)cc3[nH]2)c1=O. The molecular weight excluding hydrogens is 628 g/mol. The highest BCUT2D eigenvalue weighted by Gasteiger charge is 2.24. The molecule has 2 aromatic heterocycles. The van der Waals surface area contributed by atoms with Gasteiger partial charge in [0, 0.05) is 46.0 Å². The first-order valence-corrected chi connectivity index (χ1v) is 14.1. The molecule has 12 nitrogen and oxygen atoms in total. The van der Waals surface area contributed by atoms with Crippen LogP contribution in [0.4, 0.5) is 28.0 Å². The number of hydrogen-bond donors (Lipinski definition) is 3. The number of fused-ring (bicyclic) bond motifs is 1. The number of pyridine rings is 1. The Morgan fingerprint density at radius 2 is 1.85 bits per heavy atom. The van der Waals surface area contributed by atoms with Crippen molar-refractivity contribution in [1.29, 1.82) is 0 Å². The Morgan fingerprint density at radius 3 is 2.53 bits per heavy atom. The van der Waals surface area contributed by atoms with Gasteiger partial charge in [-0.05, 0) is 43.2 Å². The number of ether oxygens (including phenoxy) is 1. The molecule has 3 amide bonds. The first-order valence-electron chi connectivity index (χ1n) is 14.1. The number of aromatic nitrogens is 3. The van der Waals surface area contributed by atoms with Gasteiger partial charge in [-0.2, -0.15) is 4.39 Å². The van der Waals surface area contributed by atoms with Crippen LogP contribution in [0.3, 0.4) is 0 Å². The van der Waals surface area contributed by atoms with Crippen molar-refractivity contribution >= 4 is 34.6 Å². The smallest absolute Gasteiger partial charge is 0.407 e. The summed E-state index contributed by atoms with van der Waals surface area (Å²) < 4.78 is 63.0. The van der Waals surface area contributed by atoms with E-state index in [1.807, 2.05) is 0 Å². The fourth-order valence-electron chi connectivity index (χ4n) is 4.45. The largest absolute Gasteiger partial charge is 0.465 e. The van der Waals surface area contributed by atoms with E-state index < -0.39 is 58.2 Å². The molecule has 4 rings (SSSR count). The molecule has 0 aliphatic heterocycles. The molecule has 3 N–H and O–H groups in total. The molecule has 0 fully saturated rings. The van der Waals surface area contributed by atoms with Gasteiger partial charge in [-0.25, -0.2) is 22.9 Å². The van der Waals surface area contributed by atoms with Gasteiger partial charge in [0.1, 0.15) is 22.8 Å². The Balaban J connectivity index is 1.56. The van der Waals surface area contributed by atoms with Crippen LogP contribution in [0.5, 0.6) is 11.5 Å². The van der Waals surface area contributed by atoms with E-state index in [0.717, 1.165) is 27.7 Å². The molecule has 2 heterocycles. The quantitative estimate of drug-likeness (QED) is 0.147. The van der Waals surface area contributed by atoms with Crippen molar-refractivity contribution in [2.24, 2.45) is 5.92 Å². The van der Waals surface area contributed by atoms with E-state index in [4.69, 9.17) is 4.74 Å². The minimum Gasteiger partial charge on any atom is -0.465 e. The molecule has 0 saturated carbocycles. The van der Waals surface area contributed by atoms with Crippen molar-refractivity contribution in [1.82, 2.24) is 24.3 Å². The molecule has 1 atom stereocenters. The molecule has 0 aliphatic rings. The van der Waals surface area contributed by atoms with Crippen LogP contribution in [0.2, 0.25) is 0 Å². The molecule has 0 unspecified atom stereocenters. The van der Waals surface area contributed by atoms with Gasteiger partial charge >= 0.3 is 6.09 Å². The van der Waals surface area contributed by atoms with Crippen LogP contribution < -0.4 is 15.6 Å². The third-order valence-electron chi connectivity index (χ3n) is 6.95. The number of halogens is 4. The van der Waals surface area contributed by atoms with Gasteiger partial charge in [0.25, 0.3) is 5.56 Å². The molecule has 2 aromatic carbocycles. The number of nitrogens with zero attached hydrogens (tertiary/aromatic N) is 4. The second kappa shape index (κ2) is 14.6. The number of H-pyrrole nitrogens is 1. The number of aromatic amines is 1. The number of carbonyl (C=O) groups is 3. The summed E-state index contributed by atoms with van der Waals surface area (Å²) >= 11 is 0. The van der Waals surface area contributed by atoms with E-state index in [9.17, 15) is 41.8 Å². The Morgan fingerprint density at radius 1 is 1.11 bits per heavy atom. The average molecular weight is 659 g/mol. The zero-order chi connectivity index (χ0) is 34.4. The Labute approximate surface area is 264 Å². The van der Waals surface area contributed by atoms with Gasteiger partial charge in [-0.1, -0.05) is 6.08 Å². The van der Waals surface area contributed by atoms with E-state index in [2.05, 4.69) is 15.3 Å². The van der Waals surface area contributed by atoms with Gasteiger partial charge in [-0.3, -0.25) is 14.4 Å². The van der Waals surface area contributed by atoms with Crippen LogP contribution in [0.15, 0.2) is 59.5 Å². The predicted molar refractivity (Wildman–Crippen MR) is 162 cm³/mol. The van der Waals surface area contributed by atoms with E-state index in [-0.39, 0.29) is 54.4 Å². The second-order valence-electron chi connectivity index (χ2n) is 10.7. The van der Waals surface area contributed by atoms with Gasteiger partial charge in [0.2, 0.25) is 17.6 Å². The maximum atomic E-state index is 14.8. The normalized spacial score (nSPS) is 11.9. The molecule has 16 heteroatoms. The van der Waals surface area contributed by atoms with Gasteiger partial charge < -0.3 is 34.5 Å². The van der Waals surface area contributed by atoms with E-state index in [1.54, 1.807) is 20.2 Å². The van der Waals surface area contributed by atoms with Crippen molar-refractivity contribution in [2.75, 3.05) is 33.0 Å². The third-order valence-corrected chi connectivity index (χ3v) is 6.95. The fourth-order valence-corrected chi connectivity index (χ4v) is 4.45. The second-order valence-corrected chi connectivity index (χ2v) is 10.7. The predicted octanol–water partition coefficient (Wildman–Crippen LogP) is 4.71. The molecule has 0 spiro atoms. The molecular formula is C31H30F4N6O6. The number of carboxylic acid groups (broad SMARTS) is 1. The maximum Gasteiger partial charge on any atom is 0.407 e. The van der Waals surface area contributed by atoms with Crippen molar-refractivity contribution in [3.8, 4) is 11.5 Å². The number of nitrogens with one attached hydrogen (secondary N) is 2. The zero-order valence-corrected chi connectivity index (χ0v) is 25.4. The maximum absolute atomic E-state index is 14.8. The highest BCUT2D eigenvalue weighted by atomic mass is 19.2. The summed E-state index contributed by atoms with van der Waals surface area (Å²) in [7, 11) is 4.45. The van der Waals surface area contributed by atoms with Crippen molar-refractivity contribution in [3.05, 3.63) is 94.2 Å². The monoisotopic (exact) mass is 658 g/mol. The topological polar surface area (TPSA) is 150 Å². The Bertz CT molecular complexity index is 1910. The Hall–Kier alpha value is -5.67. The molecule has 4 aromatic rings. The number of imidazole rings is 1. The van der Waals surface area contributed by atoms with Crippen LogP contribution in [-0.2, 0) is 16.1 Å². The summed E-state index contributed by atoms with van der Waals surface area (Å²) in [6, 6.07) is 5.89. The first kappa shape index (κ1) is 34.2. The van der Waals surface area contributed by atoms with Crippen LogP contribution in [-0.4, -0.2) is 75.0 Å². The molecule has 0 bridgehead atoms. The van der Waals surface area contributed by atoms with E-state index >= 15 is 0 Å². The van der Waals surface area contributed by atoms with Crippen molar-refractivity contribution in [2.45, 2.75) is 19.4 Å². The average Bonchev–Trinajstić information content (AvgIpc) is 3.41. The summed E-state index contributed by atoms with van der Waals surface area (Å²) in [4.78, 5) is 58.9. The first-order chi connectivity index (χ1) is 22.2. The number of hydrogen-bond acceptors (Lipinski definition) is 6. The highest BCUT2D eigenvalue weighted by molar-refractivity contribution is 5.92. The minimum absolute atomic E-state index is 0.0411. The number of likely N-dealkylation sites (N-methyl/N-ethyl adjacent to an activating group) is 1.